The van der Waals surface area contributed by atoms with Crippen molar-refractivity contribution in [1.29, 1.82) is 0 Å². The van der Waals surface area contributed by atoms with Gasteiger partial charge in [0.1, 0.15) is 0 Å². The number of halogens is 2. The monoisotopic (exact) mass is 410 g/mol. The standard InChI is InChI=1S/C11H12BrIN2O2/c12-8-2-1-6(3-9(8)13)15-11(16)7-4-17-5-10(7)14/h1-3,7,10H,4-5,14H2,(H,15,16). The Labute approximate surface area is 122 Å². The number of hydrogen-bond acceptors (Lipinski definition) is 3. The molecule has 2 unspecified atom stereocenters. The molecular formula is C11H12BrIN2O2. The van der Waals surface area contributed by atoms with Crippen molar-refractivity contribution in [2.75, 3.05) is 18.5 Å². The van der Waals surface area contributed by atoms with E-state index in [9.17, 15) is 4.79 Å². The molecule has 0 bridgehead atoms. The predicted molar refractivity (Wildman–Crippen MR) is 77.8 cm³/mol. The lowest BCUT2D eigenvalue weighted by Gasteiger charge is -2.13. The molecule has 4 nitrogen and oxygen atoms in total. The number of hydrogen-bond donors (Lipinski definition) is 2. The van der Waals surface area contributed by atoms with E-state index in [4.69, 9.17) is 10.5 Å². The van der Waals surface area contributed by atoms with E-state index in [2.05, 4.69) is 43.8 Å². The van der Waals surface area contributed by atoms with E-state index in [1.54, 1.807) is 0 Å². The second-order valence-corrected chi connectivity index (χ2v) is 5.94. The van der Waals surface area contributed by atoms with Crippen LogP contribution in [0, 0.1) is 9.49 Å². The van der Waals surface area contributed by atoms with Crippen molar-refractivity contribution in [3.05, 3.63) is 26.2 Å². The van der Waals surface area contributed by atoms with E-state index in [0.29, 0.717) is 13.2 Å². The number of nitrogens with one attached hydrogen (secondary N) is 1. The molecular weight excluding hydrogens is 399 g/mol. The van der Waals surface area contributed by atoms with Crippen LogP contribution in [0.15, 0.2) is 22.7 Å². The lowest BCUT2D eigenvalue weighted by molar-refractivity contribution is -0.120. The summed E-state index contributed by atoms with van der Waals surface area (Å²) in [4.78, 5) is 11.9. The van der Waals surface area contributed by atoms with E-state index < -0.39 is 0 Å². The molecule has 92 valence electrons. The van der Waals surface area contributed by atoms with Crippen LogP contribution in [0.25, 0.3) is 0 Å². The largest absolute Gasteiger partial charge is 0.379 e. The van der Waals surface area contributed by atoms with Crippen LogP contribution in [0.3, 0.4) is 0 Å². The Bertz CT molecular complexity index is 441. The lowest BCUT2D eigenvalue weighted by atomic mass is 10.0. The lowest BCUT2D eigenvalue weighted by Crippen LogP contribution is -2.37. The van der Waals surface area contributed by atoms with Gasteiger partial charge in [-0.05, 0) is 56.7 Å². The third kappa shape index (κ3) is 3.18. The van der Waals surface area contributed by atoms with Crippen molar-refractivity contribution in [3.63, 3.8) is 0 Å². The number of ether oxygens (including phenoxy) is 1. The molecule has 0 saturated carbocycles. The molecule has 0 spiro atoms. The molecule has 1 aliphatic rings. The van der Waals surface area contributed by atoms with Crippen molar-refractivity contribution in [3.8, 4) is 0 Å². The summed E-state index contributed by atoms with van der Waals surface area (Å²) in [6, 6.07) is 5.46. The topological polar surface area (TPSA) is 64.3 Å². The highest BCUT2D eigenvalue weighted by Crippen LogP contribution is 2.23. The highest BCUT2D eigenvalue weighted by Gasteiger charge is 2.31. The molecule has 1 aromatic rings. The Morgan fingerprint density at radius 2 is 2.29 bits per heavy atom. The SMILES string of the molecule is NC1COCC1C(=O)Nc1ccc(Br)c(I)c1. The molecule has 1 saturated heterocycles. The van der Waals surface area contributed by atoms with Crippen LogP contribution in [0.4, 0.5) is 5.69 Å². The summed E-state index contributed by atoms with van der Waals surface area (Å²) in [5.41, 5.74) is 6.57. The number of benzene rings is 1. The smallest absolute Gasteiger partial charge is 0.231 e. The van der Waals surface area contributed by atoms with Gasteiger partial charge in [0.05, 0.1) is 19.1 Å². The van der Waals surface area contributed by atoms with Gasteiger partial charge < -0.3 is 15.8 Å². The summed E-state index contributed by atoms with van der Waals surface area (Å²) in [5.74, 6) is -0.329. The number of nitrogens with two attached hydrogens (primary N) is 1. The summed E-state index contributed by atoms with van der Waals surface area (Å²) >= 11 is 5.61. The van der Waals surface area contributed by atoms with Gasteiger partial charge in [-0.25, -0.2) is 0 Å². The maximum absolute atomic E-state index is 11.9. The van der Waals surface area contributed by atoms with Crippen molar-refractivity contribution < 1.29 is 9.53 Å². The Morgan fingerprint density at radius 1 is 1.53 bits per heavy atom. The average Bonchev–Trinajstić information content (AvgIpc) is 2.70. The average molecular weight is 411 g/mol. The second kappa shape index (κ2) is 5.64. The molecule has 2 rings (SSSR count). The van der Waals surface area contributed by atoms with Gasteiger partial charge in [-0.15, -0.1) is 0 Å². The first-order valence-electron chi connectivity index (χ1n) is 5.17. The van der Waals surface area contributed by atoms with Crippen LogP contribution in [0.1, 0.15) is 0 Å². The Morgan fingerprint density at radius 3 is 2.88 bits per heavy atom. The van der Waals surface area contributed by atoms with Gasteiger partial charge in [0.25, 0.3) is 0 Å². The molecule has 6 heteroatoms. The number of rotatable bonds is 2. The van der Waals surface area contributed by atoms with Crippen molar-refractivity contribution in [1.82, 2.24) is 0 Å². The number of carbonyl (C=O) groups is 1. The van der Waals surface area contributed by atoms with E-state index in [0.717, 1.165) is 13.7 Å². The zero-order valence-corrected chi connectivity index (χ0v) is 12.7. The van der Waals surface area contributed by atoms with Crippen LogP contribution < -0.4 is 11.1 Å². The van der Waals surface area contributed by atoms with E-state index in [-0.39, 0.29) is 17.9 Å². The van der Waals surface area contributed by atoms with Gasteiger partial charge >= 0.3 is 0 Å². The summed E-state index contributed by atoms with van der Waals surface area (Å²) in [7, 11) is 0. The number of carbonyl (C=O) groups excluding carboxylic acids is 1. The van der Waals surface area contributed by atoms with Crippen LogP contribution in [-0.4, -0.2) is 25.2 Å². The van der Waals surface area contributed by atoms with Gasteiger partial charge in [0, 0.05) is 19.8 Å². The normalized spacial score (nSPS) is 23.7. The molecule has 1 heterocycles. The highest BCUT2D eigenvalue weighted by atomic mass is 127. The van der Waals surface area contributed by atoms with E-state index in [1.165, 1.54) is 0 Å². The molecule has 1 aromatic carbocycles. The predicted octanol–water partition coefficient (Wildman–Crippen LogP) is 1.97. The zero-order chi connectivity index (χ0) is 12.4. The van der Waals surface area contributed by atoms with Gasteiger partial charge in [0.2, 0.25) is 5.91 Å². The Balaban J connectivity index is 2.05. The minimum Gasteiger partial charge on any atom is -0.379 e. The summed E-state index contributed by atoms with van der Waals surface area (Å²) in [6.45, 7) is 0.858. The van der Waals surface area contributed by atoms with Crippen molar-refractivity contribution in [2.24, 2.45) is 11.7 Å². The maximum Gasteiger partial charge on any atom is 0.231 e. The Hall–Kier alpha value is -0.180. The van der Waals surface area contributed by atoms with Crippen LogP contribution in [-0.2, 0) is 9.53 Å². The molecule has 1 amide bonds. The number of anilines is 1. The Kier molecular flexibility index (Phi) is 4.40. The third-order valence-electron chi connectivity index (χ3n) is 2.65. The van der Waals surface area contributed by atoms with Gasteiger partial charge in [-0.2, -0.15) is 0 Å². The molecule has 0 aliphatic carbocycles. The number of amides is 1. The van der Waals surface area contributed by atoms with Crippen molar-refractivity contribution >= 4 is 50.1 Å². The van der Waals surface area contributed by atoms with Crippen LogP contribution in [0.5, 0.6) is 0 Å². The molecule has 0 radical (unpaired) electrons. The third-order valence-corrected chi connectivity index (χ3v) is 4.97. The first kappa shape index (κ1) is 13.3. The molecule has 1 aliphatic heterocycles. The fraction of sp³-hybridized carbons (Fsp3) is 0.364. The first-order valence-corrected chi connectivity index (χ1v) is 7.04. The fourth-order valence-electron chi connectivity index (χ4n) is 1.65. The van der Waals surface area contributed by atoms with Gasteiger partial charge in [0.15, 0.2) is 0 Å². The van der Waals surface area contributed by atoms with E-state index >= 15 is 0 Å². The maximum atomic E-state index is 11.9. The second-order valence-electron chi connectivity index (χ2n) is 3.93. The van der Waals surface area contributed by atoms with Crippen LogP contribution in [0.2, 0.25) is 0 Å². The van der Waals surface area contributed by atoms with Crippen molar-refractivity contribution in [2.45, 2.75) is 6.04 Å². The summed E-state index contributed by atoms with van der Waals surface area (Å²) in [6.07, 6.45) is 0. The van der Waals surface area contributed by atoms with Gasteiger partial charge in [-0.3, -0.25) is 4.79 Å². The quantitative estimate of drug-likeness (QED) is 0.732. The van der Waals surface area contributed by atoms with Gasteiger partial charge in [-0.1, -0.05) is 0 Å². The zero-order valence-electron chi connectivity index (χ0n) is 8.95. The molecule has 17 heavy (non-hydrogen) atoms. The minimum atomic E-state index is -0.253. The fourth-order valence-corrected chi connectivity index (χ4v) is 2.41. The molecule has 0 aromatic heterocycles. The first-order chi connectivity index (χ1) is 8.08. The van der Waals surface area contributed by atoms with Crippen LogP contribution >= 0.6 is 38.5 Å². The molecule has 1 fully saturated rings. The minimum absolute atomic E-state index is 0.0758. The highest BCUT2D eigenvalue weighted by molar-refractivity contribution is 14.1. The molecule has 3 N–H and O–H groups in total. The summed E-state index contributed by atoms with van der Waals surface area (Å²) < 4.78 is 7.24. The van der Waals surface area contributed by atoms with E-state index in [1.807, 2.05) is 18.2 Å². The summed E-state index contributed by atoms with van der Waals surface area (Å²) in [5, 5.41) is 2.86. The molecule has 2 atom stereocenters.